The van der Waals surface area contributed by atoms with E-state index in [0.717, 1.165) is 4.90 Å². The molecule has 1 rings (SSSR count). The van der Waals surface area contributed by atoms with Crippen LogP contribution in [-0.4, -0.2) is 41.8 Å². The summed E-state index contributed by atoms with van der Waals surface area (Å²) < 4.78 is 0. The first kappa shape index (κ1) is 11.4. The summed E-state index contributed by atoms with van der Waals surface area (Å²) in [7, 11) is 0. The molecule has 0 aromatic carbocycles. The topological polar surface area (TPSA) is 133 Å². The zero-order valence-corrected chi connectivity index (χ0v) is 8.18. The third-order valence-electron chi connectivity index (χ3n) is 2.16. The van der Waals surface area contributed by atoms with Crippen molar-refractivity contribution in [1.82, 2.24) is 4.90 Å². The van der Waals surface area contributed by atoms with Crippen LogP contribution >= 0.6 is 0 Å². The second-order valence-corrected chi connectivity index (χ2v) is 3.63. The molecule has 2 unspecified atom stereocenters. The molecule has 0 aliphatic heterocycles. The van der Waals surface area contributed by atoms with Crippen LogP contribution in [0.15, 0.2) is 0 Å². The van der Waals surface area contributed by atoms with Gasteiger partial charge in [-0.15, -0.1) is 0 Å². The highest BCUT2D eigenvalue weighted by Crippen LogP contribution is 2.29. The maximum atomic E-state index is 11.6. The third kappa shape index (κ3) is 3.21. The van der Waals surface area contributed by atoms with E-state index in [2.05, 4.69) is 0 Å². The van der Waals surface area contributed by atoms with E-state index in [1.54, 1.807) is 0 Å². The minimum Gasteiger partial charge on any atom is -0.368 e. The lowest BCUT2D eigenvalue weighted by atomic mass is 10.3. The van der Waals surface area contributed by atoms with Crippen LogP contribution in [0.3, 0.4) is 0 Å². The second-order valence-electron chi connectivity index (χ2n) is 3.63. The first-order chi connectivity index (χ1) is 6.91. The maximum absolute atomic E-state index is 11.6. The van der Waals surface area contributed by atoms with E-state index < -0.39 is 11.8 Å². The molecule has 0 aromatic rings. The Labute approximate surface area is 86.6 Å². The minimum atomic E-state index is -0.682. The number of hydrogen-bond acceptors (Lipinski definition) is 4. The average Bonchev–Trinajstić information content (AvgIpc) is 2.78. The minimum absolute atomic E-state index is 0.180. The summed E-state index contributed by atoms with van der Waals surface area (Å²) in [4.78, 5) is 34.0. The van der Waals surface area contributed by atoms with E-state index in [-0.39, 0.29) is 31.0 Å². The second kappa shape index (κ2) is 4.26. The molecule has 2 atom stereocenters. The van der Waals surface area contributed by atoms with Crippen molar-refractivity contribution in [1.29, 1.82) is 0 Å². The van der Waals surface area contributed by atoms with Crippen molar-refractivity contribution >= 4 is 17.7 Å². The number of primary amides is 2. The van der Waals surface area contributed by atoms with Crippen LogP contribution in [0.5, 0.6) is 0 Å². The van der Waals surface area contributed by atoms with Gasteiger partial charge in [-0.2, -0.15) is 0 Å². The van der Waals surface area contributed by atoms with Crippen LogP contribution in [-0.2, 0) is 14.4 Å². The standard InChI is InChI=1S/C8H14N4O3/c9-5-1-4(5)8(15)12(2-6(10)13)3-7(11)14/h4-5H,1-3,9H2,(H2,10,13)(H2,11,14). The molecular formula is C8H14N4O3. The Kier molecular flexibility index (Phi) is 3.25. The summed E-state index contributed by atoms with van der Waals surface area (Å²) >= 11 is 0. The number of carbonyl (C=O) groups excluding carboxylic acids is 3. The predicted molar refractivity (Wildman–Crippen MR) is 51.1 cm³/mol. The van der Waals surface area contributed by atoms with Gasteiger partial charge in [-0.05, 0) is 6.42 Å². The molecule has 7 heteroatoms. The van der Waals surface area contributed by atoms with Crippen molar-refractivity contribution in [2.45, 2.75) is 12.5 Å². The first-order valence-electron chi connectivity index (χ1n) is 4.52. The van der Waals surface area contributed by atoms with Crippen molar-refractivity contribution in [3.05, 3.63) is 0 Å². The van der Waals surface area contributed by atoms with Gasteiger partial charge in [-0.1, -0.05) is 0 Å². The highest BCUT2D eigenvalue weighted by molar-refractivity contribution is 5.90. The average molecular weight is 214 g/mol. The van der Waals surface area contributed by atoms with Gasteiger partial charge in [0.1, 0.15) is 0 Å². The van der Waals surface area contributed by atoms with E-state index in [9.17, 15) is 14.4 Å². The zero-order valence-electron chi connectivity index (χ0n) is 8.18. The molecule has 15 heavy (non-hydrogen) atoms. The number of nitrogens with zero attached hydrogens (tertiary/aromatic N) is 1. The van der Waals surface area contributed by atoms with E-state index >= 15 is 0 Å². The Balaban J connectivity index is 2.58. The van der Waals surface area contributed by atoms with Crippen LogP contribution in [0.1, 0.15) is 6.42 Å². The van der Waals surface area contributed by atoms with Crippen molar-refractivity contribution in [3.8, 4) is 0 Å². The van der Waals surface area contributed by atoms with Crippen LogP contribution in [0, 0.1) is 5.92 Å². The molecule has 1 saturated carbocycles. The Morgan fingerprint density at radius 2 is 1.53 bits per heavy atom. The lowest BCUT2D eigenvalue weighted by molar-refractivity contribution is -0.139. The van der Waals surface area contributed by atoms with Crippen molar-refractivity contribution in [2.24, 2.45) is 23.1 Å². The number of carbonyl (C=O) groups is 3. The zero-order chi connectivity index (χ0) is 11.6. The van der Waals surface area contributed by atoms with Gasteiger partial charge in [0.15, 0.2) is 0 Å². The van der Waals surface area contributed by atoms with Gasteiger partial charge in [0.05, 0.1) is 19.0 Å². The summed E-state index contributed by atoms with van der Waals surface area (Å²) in [5, 5.41) is 0. The summed E-state index contributed by atoms with van der Waals surface area (Å²) in [5.41, 5.74) is 15.4. The summed E-state index contributed by atoms with van der Waals surface area (Å²) in [5.74, 6) is -2.00. The van der Waals surface area contributed by atoms with E-state index in [0.29, 0.717) is 6.42 Å². The highest BCUT2D eigenvalue weighted by Gasteiger charge is 2.42. The van der Waals surface area contributed by atoms with Gasteiger partial charge < -0.3 is 22.1 Å². The monoisotopic (exact) mass is 214 g/mol. The molecule has 84 valence electrons. The van der Waals surface area contributed by atoms with E-state index in [1.807, 2.05) is 0 Å². The summed E-state index contributed by atoms with van der Waals surface area (Å²) in [6, 6.07) is -0.180. The van der Waals surface area contributed by atoms with Crippen LogP contribution in [0.25, 0.3) is 0 Å². The number of nitrogens with two attached hydrogens (primary N) is 3. The smallest absolute Gasteiger partial charge is 0.237 e. The molecule has 0 aromatic heterocycles. The Morgan fingerprint density at radius 3 is 1.80 bits per heavy atom. The molecule has 6 N–H and O–H groups in total. The SMILES string of the molecule is NC(=O)CN(CC(N)=O)C(=O)C1CC1N. The third-order valence-corrected chi connectivity index (χ3v) is 2.16. The molecule has 0 radical (unpaired) electrons. The molecule has 3 amide bonds. The Bertz CT molecular complexity index is 288. The molecule has 1 aliphatic carbocycles. The van der Waals surface area contributed by atoms with Gasteiger partial charge in [-0.25, -0.2) is 0 Å². The van der Waals surface area contributed by atoms with Gasteiger partial charge in [0.25, 0.3) is 0 Å². The largest absolute Gasteiger partial charge is 0.368 e. The maximum Gasteiger partial charge on any atom is 0.237 e. The van der Waals surface area contributed by atoms with E-state index in [1.165, 1.54) is 0 Å². The fraction of sp³-hybridized carbons (Fsp3) is 0.625. The molecule has 1 aliphatic rings. The highest BCUT2D eigenvalue weighted by atomic mass is 16.2. The van der Waals surface area contributed by atoms with E-state index in [4.69, 9.17) is 17.2 Å². The predicted octanol–water partition coefficient (Wildman–Crippen LogP) is -2.87. The number of amides is 3. The molecule has 1 fully saturated rings. The van der Waals surface area contributed by atoms with Crippen molar-refractivity contribution in [3.63, 3.8) is 0 Å². The molecule has 0 spiro atoms. The lowest BCUT2D eigenvalue weighted by Crippen LogP contribution is -2.44. The first-order valence-corrected chi connectivity index (χ1v) is 4.52. The number of hydrogen-bond donors (Lipinski definition) is 3. The quantitative estimate of drug-likeness (QED) is 0.453. The number of rotatable bonds is 5. The van der Waals surface area contributed by atoms with Gasteiger partial charge in [0, 0.05) is 6.04 Å². The van der Waals surface area contributed by atoms with Gasteiger partial charge in [-0.3, -0.25) is 14.4 Å². The normalized spacial score (nSPS) is 23.3. The fourth-order valence-corrected chi connectivity index (χ4v) is 1.32. The molecule has 0 heterocycles. The van der Waals surface area contributed by atoms with Gasteiger partial charge in [0.2, 0.25) is 17.7 Å². The summed E-state index contributed by atoms with van der Waals surface area (Å²) in [6.07, 6.45) is 0.576. The molecule has 0 bridgehead atoms. The van der Waals surface area contributed by atoms with Crippen LogP contribution in [0.2, 0.25) is 0 Å². The van der Waals surface area contributed by atoms with Crippen molar-refractivity contribution in [2.75, 3.05) is 13.1 Å². The molecule has 0 saturated heterocycles. The summed E-state index contributed by atoms with van der Waals surface area (Å²) in [6.45, 7) is -0.601. The molecular weight excluding hydrogens is 200 g/mol. The van der Waals surface area contributed by atoms with Crippen LogP contribution in [0.4, 0.5) is 0 Å². The Morgan fingerprint density at radius 1 is 1.13 bits per heavy atom. The van der Waals surface area contributed by atoms with Crippen molar-refractivity contribution < 1.29 is 14.4 Å². The Hall–Kier alpha value is -1.63. The van der Waals surface area contributed by atoms with Gasteiger partial charge >= 0.3 is 0 Å². The van der Waals surface area contributed by atoms with Crippen LogP contribution < -0.4 is 17.2 Å². The molecule has 7 nitrogen and oxygen atoms in total. The fourth-order valence-electron chi connectivity index (χ4n) is 1.32. The lowest BCUT2D eigenvalue weighted by Gasteiger charge is -2.19.